The molecule has 1 N–H and O–H groups in total. The molecule has 0 aliphatic carbocycles. The topological polar surface area (TPSA) is 41.6 Å². The highest BCUT2D eigenvalue weighted by Crippen LogP contribution is 2.14. The Morgan fingerprint density at radius 2 is 2.19 bits per heavy atom. The smallest absolute Gasteiger partial charge is 0.410 e. The van der Waals surface area contributed by atoms with Gasteiger partial charge in [0.1, 0.15) is 5.75 Å². The summed E-state index contributed by atoms with van der Waals surface area (Å²) >= 11 is 0. The lowest BCUT2D eigenvalue weighted by molar-refractivity contribution is 0.162. The van der Waals surface area contributed by atoms with Crippen LogP contribution in [-0.4, -0.2) is 37.2 Å². The fourth-order valence-corrected chi connectivity index (χ4v) is 1.82. The van der Waals surface area contributed by atoms with Gasteiger partial charge in [-0.2, -0.15) is 0 Å². The molecule has 86 valence electrons. The maximum Gasteiger partial charge on any atom is 0.415 e. The lowest BCUT2D eigenvalue weighted by Crippen LogP contribution is -2.35. The van der Waals surface area contributed by atoms with Crippen LogP contribution in [0.4, 0.5) is 4.79 Å². The summed E-state index contributed by atoms with van der Waals surface area (Å²) in [4.78, 5) is 13.5. The zero-order valence-electron chi connectivity index (χ0n) is 9.35. The Morgan fingerprint density at radius 1 is 1.44 bits per heavy atom. The van der Waals surface area contributed by atoms with E-state index in [1.165, 1.54) is 0 Å². The summed E-state index contributed by atoms with van der Waals surface area (Å²) < 4.78 is 5.25. The van der Waals surface area contributed by atoms with Crippen molar-refractivity contribution in [2.75, 3.05) is 20.1 Å². The van der Waals surface area contributed by atoms with Gasteiger partial charge in [0.25, 0.3) is 0 Å². The molecule has 2 rings (SSSR count). The summed E-state index contributed by atoms with van der Waals surface area (Å²) in [5.41, 5.74) is 0. The number of carbonyl (C=O) groups is 1. The average molecular weight is 220 g/mol. The number of nitrogens with zero attached hydrogens (tertiary/aromatic N) is 1. The summed E-state index contributed by atoms with van der Waals surface area (Å²) in [6.45, 7) is 1.49. The first kappa shape index (κ1) is 11.0. The van der Waals surface area contributed by atoms with Gasteiger partial charge in [-0.15, -0.1) is 0 Å². The molecule has 1 amide bonds. The Balaban J connectivity index is 1.90. The molecule has 4 heteroatoms. The van der Waals surface area contributed by atoms with Crippen LogP contribution in [0.3, 0.4) is 0 Å². The number of rotatable bonds is 2. The molecule has 1 fully saturated rings. The lowest BCUT2D eigenvalue weighted by Gasteiger charge is -2.15. The number of benzene rings is 1. The fraction of sp³-hybridized carbons (Fsp3) is 0.417. The molecular formula is C12H16N2O2. The highest BCUT2D eigenvalue weighted by atomic mass is 16.6. The molecular weight excluding hydrogens is 204 g/mol. The number of para-hydroxylation sites is 1. The monoisotopic (exact) mass is 220 g/mol. The maximum atomic E-state index is 11.8. The van der Waals surface area contributed by atoms with E-state index in [9.17, 15) is 4.79 Å². The number of amides is 1. The van der Waals surface area contributed by atoms with Gasteiger partial charge in [-0.05, 0) is 25.6 Å². The number of likely N-dealkylation sites (tertiary alicyclic amines) is 1. The third kappa shape index (κ3) is 2.52. The van der Waals surface area contributed by atoms with Crippen molar-refractivity contribution in [1.82, 2.24) is 10.2 Å². The lowest BCUT2D eigenvalue weighted by atomic mass is 10.3. The van der Waals surface area contributed by atoms with E-state index in [1.807, 2.05) is 25.2 Å². The van der Waals surface area contributed by atoms with Crippen LogP contribution in [0.5, 0.6) is 5.75 Å². The van der Waals surface area contributed by atoms with Gasteiger partial charge in [-0.1, -0.05) is 18.2 Å². The normalized spacial score (nSPS) is 19.8. The highest BCUT2D eigenvalue weighted by Gasteiger charge is 2.26. The Labute approximate surface area is 95.2 Å². The SMILES string of the molecule is CNC1CCN(C(=O)Oc2ccccc2)C1. The van der Waals surface area contributed by atoms with Crippen LogP contribution in [0.25, 0.3) is 0 Å². The van der Waals surface area contributed by atoms with Crippen LogP contribution in [0.15, 0.2) is 30.3 Å². The van der Waals surface area contributed by atoms with Crippen LogP contribution < -0.4 is 10.1 Å². The molecule has 0 spiro atoms. The second kappa shape index (κ2) is 4.99. The Kier molecular flexibility index (Phi) is 3.41. The van der Waals surface area contributed by atoms with E-state index in [-0.39, 0.29) is 6.09 Å². The van der Waals surface area contributed by atoms with Crippen molar-refractivity contribution in [3.05, 3.63) is 30.3 Å². The number of nitrogens with one attached hydrogen (secondary N) is 1. The van der Waals surface area contributed by atoms with Gasteiger partial charge in [-0.3, -0.25) is 0 Å². The molecule has 16 heavy (non-hydrogen) atoms. The van der Waals surface area contributed by atoms with E-state index in [2.05, 4.69) is 5.32 Å². The van der Waals surface area contributed by atoms with Crippen LogP contribution >= 0.6 is 0 Å². The largest absolute Gasteiger partial charge is 0.415 e. The van der Waals surface area contributed by atoms with E-state index in [0.29, 0.717) is 11.8 Å². The van der Waals surface area contributed by atoms with Gasteiger partial charge >= 0.3 is 6.09 Å². The number of likely N-dealkylation sites (N-methyl/N-ethyl adjacent to an activating group) is 1. The first-order chi connectivity index (χ1) is 7.79. The summed E-state index contributed by atoms with van der Waals surface area (Å²) in [5.74, 6) is 0.598. The van der Waals surface area contributed by atoms with E-state index >= 15 is 0 Å². The Bertz CT molecular complexity index is 353. The van der Waals surface area contributed by atoms with Crippen molar-refractivity contribution in [2.24, 2.45) is 0 Å². The van der Waals surface area contributed by atoms with Crippen molar-refractivity contribution >= 4 is 6.09 Å². The van der Waals surface area contributed by atoms with Gasteiger partial charge in [0, 0.05) is 19.1 Å². The van der Waals surface area contributed by atoms with E-state index in [4.69, 9.17) is 4.74 Å². The number of hydrogen-bond acceptors (Lipinski definition) is 3. The van der Waals surface area contributed by atoms with Gasteiger partial charge in [0.2, 0.25) is 0 Å². The molecule has 1 saturated heterocycles. The van der Waals surface area contributed by atoms with Crippen LogP contribution in [0.2, 0.25) is 0 Å². The van der Waals surface area contributed by atoms with Crippen molar-refractivity contribution < 1.29 is 9.53 Å². The van der Waals surface area contributed by atoms with E-state index in [1.54, 1.807) is 17.0 Å². The fourth-order valence-electron chi connectivity index (χ4n) is 1.82. The minimum atomic E-state index is -0.260. The highest BCUT2D eigenvalue weighted by molar-refractivity contribution is 5.71. The van der Waals surface area contributed by atoms with Gasteiger partial charge in [-0.25, -0.2) is 4.79 Å². The zero-order chi connectivity index (χ0) is 11.4. The summed E-state index contributed by atoms with van der Waals surface area (Å²) in [6, 6.07) is 9.55. The molecule has 0 saturated carbocycles. The molecule has 1 heterocycles. The van der Waals surface area contributed by atoms with Crippen molar-refractivity contribution in [3.8, 4) is 5.75 Å². The van der Waals surface area contributed by atoms with Crippen molar-refractivity contribution in [3.63, 3.8) is 0 Å². The summed E-state index contributed by atoms with van der Waals surface area (Å²) in [6.07, 6.45) is 0.726. The Hall–Kier alpha value is -1.55. The average Bonchev–Trinajstić information content (AvgIpc) is 2.79. The minimum Gasteiger partial charge on any atom is -0.410 e. The van der Waals surface area contributed by atoms with Crippen LogP contribution in [0, 0.1) is 0 Å². The summed E-state index contributed by atoms with van der Waals surface area (Å²) in [5, 5.41) is 3.16. The molecule has 1 atom stereocenters. The van der Waals surface area contributed by atoms with Crippen molar-refractivity contribution in [2.45, 2.75) is 12.5 Å². The molecule has 0 bridgehead atoms. The molecule has 1 aliphatic rings. The van der Waals surface area contributed by atoms with Gasteiger partial charge in [0.15, 0.2) is 0 Å². The predicted octanol–water partition coefficient (Wildman–Crippen LogP) is 1.48. The quantitative estimate of drug-likeness (QED) is 0.820. The van der Waals surface area contributed by atoms with Crippen LogP contribution in [0.1, 0.15) is 6.42 Å². The van der Waals surface area contributed by atoms with Gasteiger partial charge < -0.3 is 15.0 Å². The molecule has 1 unspecified atom stereocenters. The second-order valence-electron chi connectivity index (χ2n) is 3.90. The molecule has 4 nitrogen and oxygen atoms in total. The first-order valence-corrected chi connectivity index (χ1v) is 5.48. The molecule has 0 radical (unpaired) electrons. The third-order valence-electron chi connectivity index (χ3n) is 2.80. The van der Waals surface area contributed by atoms with E-state index in [0.717, 1.165) is 19.5 Å². The van der Waals surface area contributed by atoms with Gasteiger partial charge in [0.05, 0.1) is 0 Å². The zero-order valence-corrected chi connectivity index (χ0v) is 9.35. The minimum absolute atomic E-state index is 0.260. The van der Waals surface area contributed by atoms with E-state index < -0.39 is 0 Å². The van der Waals surface area contributed by atoms with Crippen molar-refractivity contribution in [1.29, 1.82) is 0 Å². The number of hydrogen-bond donors (Lipinski definition) is 1. The molecule has 1 aromatic carbocycles. The molecule has 1 aliphatic heterocycles. The predicted molar refractivity (Wildman–Crippen MR) is 61.5 cm³/mol. The molecule has 1 aromatic rings. The standard InChI is InChI=1S/C12H16N2O2/c1-13-10-7-8-14(9-10)12(15)16-11-5-3-2-4-6-11/h2-6,10,13H,7-9H2,1H3. The number of carbonyl (C=O) groups excluding carboxylic acids is 1. The van der Waals surface area contributed by atoms with Crippen LogP contribution in [-0.2, 0) is 0 Å². The number of ether oxygens (including phenoxy) is 1. The molecule has 0 aromatic heterocycles. The third-order valence-corrected chi connectivity index (χ3v) is 2.80. The maximum absolute atomic E-state index is 11.8. The first-order valence-electron chi connectivity index (χ1n) is 5.48. The Morgan fingerprint density at radius 3 is 2.81 bits per heavy atom. The second-order valence-corrected chi connectivity index (χ2v) is 3.90. The summed E-state index contributed by atoms with van der Waals surface area (Å²) in [7, 11) is 1.91.